The summed E-state index contributed by atoms with van der Waals surface area (Å²) in [7, 11) is 1.69. The molecule has 1 amide bonds. The summed E-state index contributed by atoms with van der Waals surface area (Å²) in [6, 6.07) is 37.5. The third-order valence-corrected chi connectivity index (χ3v) is 9.09. The summed E-state index contributed by atoms with van der Waals surface area (Å²) >= 11 is 0. The number of likely N-dealkylation sites (N-methyl/N-ethyl adjacent to an activating group) is 1. The Morgan fingerprint density at radius 2 is 1.35 bits per heavy atom. The Kier molecular flexibility index (Phi) is 9.75. The van der Waals surface area contributed by atoms with Crippen molar-refractivity contribution in [1.82, 2.24) is 19.7 Å². The first-order valence-corrected chi connectivity index (χ1v) is 17.0. The number of benzene rings is 4. The Hall–Kier alpha value is -5.44. The molecule has 0 saturated heterocycles. The number of alkyl halides is 3. The molecule has 1 unspecified atom stereocenters. The van der Waals surface area contributed by atoms with Gasteiger partial charge in [-0.2, -0.15) is 18.3 Å². The molecular formula is C42H41F3N4O2. The Balaban J connectivity index is 1.58. The molecule has 0 saturated carbocycles. The van der Waals surface area contributed by atoms with Gasteiger partial charge in [-0.15, -0.1) is 0 Å². The van der Waals surface area contributed by atoms with Crippen molar-refractivity contribution in [2.75, 3.05) is 13.6 Å². The van der Waals surface area contributed by atoms with Crippen LogP contribution in [0, 0.1) is 0 Å². The molecule has 262 valence electrons. The zero-order chi connectivity index (χ0) is 36.4. The van der Waals surface area contributed by atoms with Crippen molar-refractivity contribution in [3.63, 3.8) is 0 Å². The summed E-state index contributed by atoms with van der Waals surface area (Å²) in [5.74, 6) is -0.0912. The van der Waals surface area contributed by atoms with E-state index in [0.29, 0.717) is 24.1 Å². The Morgan fingerprint density at radius 1 is 0.804 bits per heavy atom. The third-order valence-electron chi connectivity index (χ3n) is 9.09. The van der Waals surface area contributed by atoms with E-state index in [4.69, 9.17) is 4.74 Å². The summed E-state index contributed by atoms with van der Waals surface area (Å²) in [4.78, 5) is 19.0. The minimum Gasteiger partial charge on any atom is -0.444 e. The van der Waals surface area contributed by atoms with Gasteiger partial charge >= 0.3 is 12.3 Å². The van der Waals surface area contributed by atoms with E-state index in [1.54, 1.807) is 30.3 Å². The standard InChI is InChI=1S/C42H41F3N4O2/c1-6-29(28-48(5)39(50)51-40(2,3)4)30-17-16-18-31(27-30)35-25-26-46-38-36(35)37(42(43,44)45)47-49(38)41(32-19-10-7-11-20-32,33-21-12-8-13-22-33)34-23-14-9-15-24-34/h7-27,29H,6,28H2,1-5H3. The van der Waals surface area contributed by atoms with Crippen molar-refractivity contribution in [3.8, 4) is 11.1 Å². The normalized spacial score (nSPS) is 12.9. The van der Waals surface area contributed by atoms with Crippen LogP contribution in [0.2, 0.25) is 0 Å². The molecule has 0 bridgehead atoms. The van der Waals surface area contributed by atoms with Crippen LogP contribution < -0.4 is 0 Å². The lowest BCUT2D eigenvalue weighted by Gasteiger charge is -2.36. The van der Waals surface area contributed by atoms with Crippen molar-refractivity contribution in [1.29, 1.82) is 0 Å². The maximum atomic E-state index is 15.3. The lowest BCUT2D eigenvalue weighted by Crippen LogP contribution is -2.39. The predicted molar refractivity (Wildman–Crippen MR) is 194 cm³/mol. The number of rotatable bonds is 9. The molecule has 51 heavy (non-hydrogen) atoms. The average molecular weight is 691 g/mol. The maximum absolute atomic E-state index is 15.3. The maximum Gasteiger partial charge on any atom is 0.435 e. The van der Waals surface area contributed by atoms with Gasteiger partial charge in [-0.25, -0.2) is 14.5 Å². The summed E-state index contributed by atoms with van der Waals surface area (Å²) in [5.41, 5.74) is 1.17. The fourth-order valence-electron chi connectivity index (χ4n) is 6.80. The summed E-state index contributed by atoms with van der Waals surface area (Å²) < 4.78 is 52.8. The van der Waals surface area contributed by atoms with Crippen LogP contribution in [0.15, 0.2) is 128 Å². The molecular weight excluding hydrogens is 649 g/mol. The number of hydrogen-bond donors (Lipinski definition) is 0. The molecule has 0 aliphatic heterocycles. The molecule has 6 aromatic rings. The van der Waals surface area contributed by atoms with E-state index in [9.17, 15) is 4.79 Å². The van der Waals surface area contributed by atoms with Crippen molar-refractivity contribution in [2.24, 2.45) is 0 Å². The van der Waals surface area contributed by atoms with Crippen molar-refractivity contribution >= 4 is 17.1 Å². The smallest absolute Gasteiger partial charge is 0.435 e. The van der Waals surface area contributed by atoms with Gasteiger partial charge in [0.25, 0.3) is 0 Å². The predicted octanol–water partition coefficient (Wildman–Crippen LogP) is 10.3. The van der Waals surface area contributed by atoms with E-state index in [1.807, 2.05) is 137 Å². The Morgan fingerprint density at radius 3 is 1.84 bits per heavy atom. The molecule has 0 fully saturated rings. The highest BCUT2D eigenvalue weighted by Crippen LogP contribution is 2.46. The topological polar surface area (TPSA) is 60.3 Å². The van der Waals surface area contributed by atoms with Crippen LogP contribution in [-0.2, 0) is 16.5 Å². The molecule has 4 aromatic carbocycles. The van der Waals surface area contributed by atoms with E-state index in [0.717, 1.165) is 22.3 Å². The number of hydrogen-bond acceptors (Lipinski definition) is 4. The number of amides is 1. The summed E-state index contributed by atoms with van der Waals surface area (Å²) in [6.45, 7) is 7.84. The van der Waals surface area contributed by atoms with Crippen LogP contribution >= 0.6 is 0 Å². The van der Waals surface area contributed by atoms with Crippen molar-refractivity contribution < 1.29 is 22.7 Å². The second-order valence-electron chi connectivity index (χ2n) is 13.7. The number of halogens is 3. The first-order valence-electron chi connectivity index (χ1n) is 17.0. The van der Waals surface area contributed by atoms with Gasteiger partial charge in [-0.1, -0.05) is 122 Å². The molecule has 1 atom stereocenters. The first-order chi connectivity index (χ1) is 24.3. The van der Waals surface area contributed by atoms with Crippen LogP contribution in [-0.4, -0.2) is 45.0 Å². The van der Waals surface area contributed by atoms with Gasteiger partial charge in [0, 0.05) is 25.7 Å². The van der Waals surface area contributed by atoms with Crippen LogP contribution in [0.4, 0.5) is 18.0 Å². The molecule has 0 radical (unpaired) electrons. The fraction of sp³-hybridized carbons (Fsp3) is 0.262. The van der Waals surface area contributed by atoms with Crippen LogP contribution in [0.25, 0.3) is 22.2 Å². The fourth-order valence-corrected chi connectivity index (χ4v) is 6.80. The molecule has 9 heteroatoms. The van der Waals surface area contributed by atoms with E-state index < -0.39 is 29.1 Å². The zero-order valence-corrected chi connectivity index (χ0v) is 29.4. The van der Waals surface area contributed by atoms with E-state index in [1.165, 1.54) is 4.68 Å². The highest BCUT2D eigenvalue weighted by molar-refractivity contribution is 5.95. The number of carbonyl (C=O) groups excluding carboxylic acids is 1. The second kappa shape index (κ2) is 14.1. The second-order valence-corrected chi connectivity index (χ2v) is 13.7. The number of nitrogens with zero attached hydrogens (tertiary/aromatic N) is 4. The molecule has 2 heterocycles. The van der Waals surface area contributed by atoms with E-state index in [2.05, 4.69) is 10.1 Å². The highest BCUT2D eigenvalue weighted by Gasteiger charge is 2.45. The zero-order valence-electron chi connectivity index (χ0n) is 29.4. The van der Waals surface area contributed by atoms with E-state index >= 15 is 13.2 Å². The number of aromatic nitrogens is 3. The molecule has 6 nitrogen and oxygen atoms in total. The third kappa shape index (κ3) is 6.98. The van der Waals surface area contributed by atoms with Crippen molar-refractivity contribution in [3.05, 3.63) is 155 Å². The molecule has 0 aliphatic rings. The molecule has 0 spiro atoms. The summed E-state index contributed by atoms with van der Waals surface area (Å²) in [5, 5.41) is 4.39. The number of ether oxygens (including phenoxy) is 1. The molecule has 6 rings (SSSR count). The van der Waals surface area contributed by atoms with Gasteiger partial charge in [-0.3, -0.25) is 0 Å². The number of pyridine rings is 1. The first kappa shape index (κ1) is 35.4. The Labute approximate surface area is 296 Å². The van der Waals surface area contributed by atoms with Gasteiger partial charge in [0.1, 0.15) is 11.1 Å². The lowest BCUT2D eigenvalue weighted by atomic mass is 9.77. The van der Waals surface area contributed by atoms with E-state index in [-0.39, 0.29) is 17.0 Å². The largest absolute Gasteiger partial charge is 0.444 e. The monoisotopic (exact) mass is 690 g/mol. The molecule has 0 aliphatic carbocycles. The average Bonchev–Trinajstić information content (AvgIpc) is 3.53. The van der Waals surface area contributed by atoms with Gasteiger partial charge in [0.2, 0.25) is 0 Å². The SMILES string of the molecule is CCC(CN(C)C(=O)OC(C)(C)C)c1cccc(-c2ccnc3c2c(C(F)(F)F)nn3C(c2ccccc2)(c2ccccc2)c2ccccc2)c1. The minimum absolute atomic E-state index is 0.0896. The van der Waals surface area contributed by atoms with Crippen LogP contribution in [0.3, 0.4) is 0 Å². The van der Waals surface area contributed by atoms with Gasteiger partial charge < -0.3 is 9.64 Å². The lowest BCUT2D eigenvalue weighted by molar-refractivity contribution is -0.140. The van der Waals surface area contributed by atoms with Gasteiger partial charge in [0.05, 0.1) is 5.39 Å². The number of carbonyl (C=O) groups is 1. The quantitative estimate of drug-likeness (QED) is 0.142. The molecule has 0 N–H and O–H groups in total. The van der Waals surface area contributed by atoms with Gasteiger partial charge in [-0.05, 0) is 66.6 Å². The highest BCUT2D eigenvalue weighted by atomic mass is 19.4. The Bertz CT molecular complexity index is 2010. The summed E-state index contributed by atoms with van der Waals surface area (Å²) in [6.07, 6.45) is -2.99. The van der Waals surface area contributed by atoms with Crippen LogP contribution in [0.5, 0.6) is 0 Å². The number of fused-ring (bicyclic) bond motifs is 1. The molecule has 2 aromatic heterocycles. The minimum atomic E-state index is -4.79. The van der Waals surface area contributed by atoms with Crippen LogP contribution in [0.1, 0.15) is 68.0 Å². The van der Waals surface area contributed by atoms with Gasteiger partial charge in [0.15, 0.2) is 11.3 Å². The van der Waals surface area contributed by atoms with Crippen molar-refractivity contribution in [2.45, 2.75) is 57.3 Å².